The van der Waals surface area contributed by atoms with Gasteiger partial charge in [0.2, 0.25) is 0 Å². The second-order valence-corrected chi connectivity index (χ2v) is 5.60. The highest BCUT2D eigenvalue weighted by Crippen LogP contribution is 2.43. The van der Waals surface area contributed by atoms with E-state index in [-0.39, 0.29) is 11.5 Å². The maximum Gasteiger partial charge on any atom is 0.146 e. The van der Waals surface area contributed by atoms with Crippen LogP contribution in [-0.4, -0.2) is 11.9 Å². The molecule has 2 unspecified atom stereocenters. The normalized spacial score (nSPS) is 28.7. The molecule has 1 aromatic carbocycles. The van der Waals surface area contributed by atoms with Crippen LogP contribution in [0.25, 0.3) is 0 Å². The monoisotopic (exact) mass is 330 g/mol. The van der Waals surface area contributed by atoms with E-state index in [4.69, 9.17) is 4.74 Å². The lowest BCUT2D eigenvalue weighted by atomic mass is 9.64. The van der Waals surface area contributed by atoms with Crippen molar-refractivity contribution in [2.45, 2.75) is 32.8 Å². The Bertz CT molecular complexity index is 416. The quantitative estimate of drug-likeness (QED) is 0.794. The number of carbonyl (C=O) groups is 1. The van der Waals surface area contributed by atoms with Crippen molar-refractivity contribution in [3.05, 3.63) is 27.8 Å². The Hall–Kier alpha value is -0.580. The third-order valence-corrected chi connectivity index (χ3v) is 4.45. The minimum Gasteiger partial charge on any atom is -0.488 e. The first kappa shape index (κ1) is 11.9. The van der Waals surface area contributed by atoms with E-state index in [2.05, 4.69) is 22.6 Å². The summed E-state index contributed by atoms with van der Waals surface area (Å²) in [4.78, 5) is 11.6. The van der Waals surface area contributed by atoms with Gasteiger partial charge in [-0.05, 0) is 48.1 Å². The van der Waals surface area contributed by atoms with Gasteiger partial charge >= 0.3 is 0 Å². The average molecular weight is 330 g/mol. The zero-order valence-electron chi connectivity index (χ0n) is 9.50. The summed E-state index contributed by atoms with van der Waals surface area (Å²) in [5.41, 5.74) is -0.279. The van der Waals surface area contributed by atoms with Crippen LogP contribution in [0.2, 0.25) is 0 Å². The third-order valence-electron chi connectivity index (χ3n) is 3.56. The summed E-state index contributed by atoms with van der Waals surface area (Å²) >= 11 is 2.25. The lowest BCUT2D eigenvalue weighted by Gasteiger charge is -2.44. The van der Waals surface area contributed by atoms with E-state index in [1.165, 1.54) is 0 Å². The first-order valence-corrected chi connectivity index (χ1v) is 6.60. The van der Waals surface area contributed by atoms with Crippen molar-refractivity contribution in [1.82, 2.24) is 0 Å². The predicted octanol–water partition coefficient (Wildman–Crippen LogP) is 3.43. The molecule has 0 spiro atoms. The molecule has 0 amide bonds. The number of hydrogen-bond acceptors (Lipinski definition) is 2. The summed E-state index contributed by atoms with van der Waals surface area (Å²) in [5, 5.41) is 0. The third kappa shape index (κ3) is 1.85. The molecule has 0 N–H and O–H groups in total. The number of para-hydroxylation sites is 1. The highest BCUT2D eigenvalue weighted by molar-refractivity contribution is 14.1. The molecule has 16 heavy (non-hydrogen) atoms. The van der Waals surface area contributed by atoms with Crippen LogP contribution in [0.5, 0.6) is 5.75 Å². The number of rotatable bonds is 3. The van der Waals surface area contributed by atoms with Gasteiger partial charge in [-0.25, -0.2) is 0 Å². The summed E-state index contributed by atoms with van der Waals surface area (Å²) in [5.74, 6) is 1.21. The standard InChI is InChI=1S/C13H15IO2/c1-3-13(2)11(15)8-12(13)16-10-7-5-4-6-9(10)14/h4-7,12H,3,8H2,1-2H3. The average Bonchev–Trinajstić information content (AvgIpc) is 2.30. The van der Waals surface area contributed by atoms with Gasteiger partial charge in [-0.1, -0.05) is 19.1 Å². The topological polar surface area (TPSA) is 26.3 Å². The second-order valence-electron chi connectivity index (χ2n) is 4.44. The zero-order valence-corrected chi connectivity index (χ0v) is 11.7. The molecule has 0 aromatic heterocycles. The Kier molecular flexibility index (Phi) is 3.24. The molecule has 0 radical (unpaired) electrons. The largest absolute Gasteiger partial charge is 0.488 e. The lowest BCUT2D eigenvalue weighted by Crippen LogP contribution is -2.54. The number of benzene rings is 1. The summed E-state index contributed by atoms with van der Waals surface area (Å²) in [6.07, 6.45) is 1.44. The van der Waals surface area contributed by atoms with Crippen LogP contribution in [0.15, 0.2) is 24.3 Å². The molecule has 1 aliphatic rings. The van der Waals surface area contributed by atoms with Gasteiger partial charge in [0.25, 0.3) is 0 Å². The van der Waals surface area contributed by atoms with Crippen molar-refractivity contribution in [3.63, 3.8) is 0 Å². The molecule has 0 heterocycles. The van der Waals surface area contributed by atoms with Crippen molar-refractivity contribution >= 4 is 28.4 Å². The first-order chi connectivity index (χ1) is 7.58. The number of hydrogen-bond donors (Lipinski definition) is 0. The number of Topliss-reactive ketones (excluding diaryl/α,β-unsaturated/α-hetero) is 1. The summed E-state index contributed by atoms with van der Waals surface area (Å²) < 4.78 is 7.02. The molecule has 1 saturated carbocycles. The molecule has 1 aliphatic carbocycles. The molecule has 0 saturated heterocycles. The van der Waals surface area contributed by atoms with Gasteiger partial charge in [0.1, 0.15) is 17.6 Å². The fourth-order valence-electron chi connectivity index (χ4n) is 1.97. The van der Waals surface area contributed by atoms with Gasteiger partial charge in [-0.15, -0.1) is 0 Å². The van der Waals surface area contributed by atoms with Crippen molar-refractivity contribution in [1.29, 1.82) is 0 Å². The van der Waals surface area contributed by atoms with Crippen LogP contribution in [0.3, 0.4) is 0 Å². The highest BCUT2D eigenvalue weighted by atomic mass is 127. The maximum atomic E-state index is 11.6. The van der Waals surface area contributed by atoms with Gasteiger partial charge in [-0.3, -0.25) is 4.79 Å². The Labute approximate surface area is 110 Å². The Morgan fingerprint density at radius 3 is 2.75 bits per heavy atom. The van der Waals surface area contributed by atoms with Crippen LogP contribution in [-0.2, 0) is 4.79 Å². The number of carbonyl (C=O) groups excluding carboxylic acids is 1. The highest BCUT2D eigenvalue weighted by Gasteiger charge is 2.51. The van der Waals surface area contributed by atoms with Crippen LogP contribution in [0.4, 0.5) is 0 Å². The Morgan fingerprint density at radius 1 is 1.50 bits per heavy atom. The molecule has 1 aromatic rings. The molecule has 1 fully saturated rings. The smallest absolute Gasteiger partial charge is 0.146 e. The second kappa shape index (κ2) is 4.35. The fraction of sp³-hybridized carbons (Fsp3) is 0.462. The first-order valence-electron chi connectivity index (χ1n) is 5.52. The Balaban J connectivity index is 2.13. The van der Waals surface area contributed by atoms with Crippen molar-refractivity contribution in [3.8, 4) is 5.75 Å². The van der Waals surface area contributed by atoms with E-state index < -0.39 is 0 Å². The minimum absolute atomic E-state index is 0.0425. The van der Waals surface area contributed by atoms with Crippen LogP contribution in [0.1, 0.15) is 26.7 Å². The lowest BCUT2D eigenvalue weighted by molar-refractivity contribution is -0.150. The molecule has 0 bridgehead atoms. The van der Waals surface area contributed by atoms with Crippen molar-refractivity contribution < 1.29 is 9.53 Å². The van der Waals surface area contributed by atoms with E-state index in [1.807, 2.05) is 38.1 Å². The molecular formula is C13H15IO2. The van der Waals surface area contributed by atoms with Crippen molar-refractivity contribution in [2.75, 3.05) is 0 Å². The summed E-state index contributed by atoms with van der Waals surface area (Å²) in [6.45, 7) is 4.04. The van der Waals surface area contributed by atoms with Gasteiger partial charge in [0.15, 0.2) is 0 Å². The molecule has 0 aliphatic heterocycles. The van der Waals surface area contributed by atoms with E-state index in [9.17, 15) is 4.79 Å². The van der Waals surface area contributed by atoms with Gasteiger partial charge < -0.3 is 4.74 Å². The van der Waals surface area contributed by atoms with Crippen LogP contribution >= 0.6 is 22.6 Å². The molecule has 2 atom stereocenters. The zero-order chi connectivity index (χ0) is 11.8. The molecule has 3 heteroatoms. The molecule has 2 nitrogen and oxygen atoms in total. The molecule has 86 valence electrons. The Morgan fingerprint density at radius 2 is 2.19 bits per heavy atom. The molecule has 2 rings (SSSR count). The molecular weight excluding hydrogens is 315 g/mol. The van der Waals surface area contributed by atoms with E-state index in [0.29, 0.717) is 12.2 Å². The van der Waals surface area contributed by atoms with Gasteiger partial charge in [-0.2, -0.15) is 0 Å². The number of ketones is 1. The minimum atomic E-state index is -0.279. The fourth-order valence-corrected chi connectivity index (χ4v) is 2.48. The summed E-state index contributed by atoms with van der Waals surface area (Å²) in [7, 11) is 0. The predicted molar refractivity (Wildman–Crippen MR) is 71.6 cm³/mol. The van der Waals surface area contributed by atoms with Crippen LogP contribution in [0, 0.1) is 8.99 Å². The van der Waals surface area contributed by atoms with Gasteiger partial charge in [0, 0.05) is 6.42 Å². The number of ether oxygens (including phenoxy) is 1. The van der Waals surface area contributed by atoms with E-state index >= 15 is 0 Å². The van der Waals surface area contributed by atoms with Crippen LogP contribution < -0.4 is 4.74 Å². The SMILES string of the molecule is CCC1(C)C(=O)CC1Oc1ccccc1I. The maximum absolute atomic E-state index is 11.6. The number of halogens is 1. The van der Waals surface area contributed by atoms with E-state index in [1.54, 1.807) is 0 Å². The van der Waals surface area contributed by atoms with Crippen molar-refractivity contribution in [2.24, 2.45) is 5.41 Å². The summed E-state index contributed by atoms with van der Waals surface area (Å²) in [6, 6.07) is 7.92. The van der Waals surface area contributed by atoms with E-state index in [0.717, 1.165) is 15.7 Å². The van der Waals surface area contributed by atoms with Gasteiger partial charge in [0.05, 0.1) is 8.99 Å².